The Morgan fingerprint density at radius 1 is 0.878 bits per heavy atom. The van der Waals surface area contributed by atoms with E-state index in [1.54, 1.807) is 42.5 Å². The third-order valence-electron chi connectivity index (χ3n) is 6.31. The van der Waals surface area contributed by atoms with Crippen molar-refractivity contribution in [3.63, 3.8) is 0 Å². The Balaban J connectivity index is 1.49. The molecule has 0 fully saturated rings. The fraction of sp³-hybridized carbons (Fsp3) is 0.259. The van der Waals surface area contributed by atoms with E-state index in [1.165, 1.54) is 12.1 Å². The molecule has 41 heavy (non-hydrogen) atoms. The molecule has 1 aliphatic rings. The van der Waals surface area contributed by atoms with Crippen molar-refractivity contribution in [1.29, 1.82) is 0 Å². The normalized spacial score (nSPS) is 16.1. The second-order valence-electron chi connectivity index (χ2n) is 9.10. The number of anilines is 1. The molecule has 0 aliphatic carbocycles. The first-order valence-electron chi connectivity index (χ1n) is 12.1. The summed E-state index contributed by atoms with van der Waals surface area (Å²) in [6.45, 7) is -0.972. The molecule has 7 nitrogen and oxygen atoms in total. The lowest BCUT2D eigenvalue weighted by molar-refractivity contribution is -0.148. The van der Waals surface area contributed by atoms with Crippen LogP contribution in [0.25, 0.3) is 0 Å². The van der Waals surface area contributed by atoms with Crippen LogP contribution >= 0.6 is 0 Å². The van der Waals surface area contributed by atoms with Gasteiger partial charge in [-0.1, -0.05) is 42.5 Å². The first kappa shape index (κ1) is 30.1. The third-order valence-corrected chi connectivity index (χ3v) is 8.23. The number of carbonyl (C=O) groups excluding carboxylic acids is 2. The number of hydrogen-bond donors (Lipinski definition) is 1. The van der Waals surface area contributed by atoms with Gasteiger partial charge in [0, 0.05) is 12.2 Å². The third kappa shape index (κ3) is 7.06. The molecule has 1 N–H and O–H groups in total. The van der Waals surface area contributed by atoms with Gasteiger partial charge in [-0.25, -0.2) is 8.42 Å². The quantitative estimate of drug-likeness (QED) is 0.282. The fourth-order valence-electron chi connectivity index (χ4n) is 4.44. The molecule has 0 saturated heterocycles. The molecule has 0 aromatic heterocycles. The molecule has 218 valence electrons. The van der Waals surface area contributed by atoms with Gasteiger partial charge in [-0.05, 0) is 47.9 Å². The van der Waals surface area contributed by atoms with Gasteiger partial charge in [0.1, 0.15) is 0 Å². The summed E-state index contributed by atoms with van der Waals surface area (Å²) in [5, 5.41) is 1.87. The van der Waals surface area contributed by atoms with Crippen molar-refractivity contribution < 1.29 is 49.1 Å². The van der Waals surface area contributed by atoms with Crippen LogP contribution in [0.3, 0.4) is 0 Å². The van der Waals surface area contributed by atoms with Crippen LogP contribution in [0, 0.1) is 0 Å². The maximum atomic E-state index is 13.4. The highest BCUT2D eigenvalue weighted by atomic mass is 32.2. The van der Waals surface area contributed by atoms with Gasteiger partial charge in [0.2, 0.25) is 10.0 Å². The fourth-order valence-corrected chi connectivity index (χ4v) is 6.07. The molecule has 1 amide bonds. The summed E-state index contributed by atoms with van der Waals surface area (Å²) < 4.78 is 111. The molecule has 1 atom stereocenters. The summed E-state index contributed by atoms with van der Waals surface area (Å²) in [4.78, 5) is 25.0. The maximum absolute atomic E-state index is 13.4. The van der Waals surface area contributed by atoms with Crippen molar-refractivity contribution in [2.75, 3.05) is 18.5 Å². The molecule has 0 spiro atoms. The Bertz CT molecular complexity index is 1510. The summed E-state index contributed by atoms with van der Waals surface area (Å²) in [6.07, 6.45) is -10.4. The van der Waals surface area contributed by atoms with E-state index in [0.29, 0.717) is 24.1 Å². The van der Waals surface area contributed by atoms with E-state index in [4.69, 9.17) is 4.74 Å². The minimum Gasteiger partial charge on any atom is -0.456 e. The molecule has 0 unspecified atom stereocenters. The SMILES string of the molecule is O=C(COC(=O)C[C@H]1c2ccccc2CCN1S(=O)(=O)c1ccccc1)Nc1cc(C(F)(F)F)cc(C(F)(F)F)c1. The van der Waals surface area contributed by atoms with Gasteiger partial charge in [0.05, 0.1) is 28.5 Å². The number of carbonyl (C=O) groups is 2. The number of hydrogen-bond acceptors (Lipinski definition) is 5. The van der Waals surface area contributed by atoms with Gasteiger partial charge in [-0.3, -0.25) is 9.59 Å². The lowest BCUT2D eigenvalue weighted by Gasteiger charge is -2.36. The minimum absolute atomic E-state index is 0.0106. The van der Waals surface area contributed by atoms with Crippen LogP contribution in [0.4, 0.5) is 32.0 Å². The predicted molar refractivity (Wildman–Crippen MR) is 134 cm³/mol. The summed E-state index contributed by atoms with van der Waals surface area (Å²) in [7, 11) is -4.04. The van der Waals surface area contributed by atoms with Crippen molar-refractivity contribution >= 4 is 27.6 Å². The van der Waals surface area contributed by atoms with Gasteiger partial charge in [-0.2, -0.15) is 30.6 Å². The van der Waals surface area contributed by atoms with E-state index in [2.05, 4.69) is 0 Å². The van der Waals surface area contributed by atoms with Gasteiger partial charge in [-0.15, -0.1) is 0 Å². The maximum Gasteiger partial charge on any atom is 0.416 e. The highest BCUT2D eigenvalue weighted by molar-refractivity contribution is 7.89. The smallest absolute Gasteiger partial charge is 0.416 e. The molecular weight excluding hydrogens is 578 g/mol. The highest BCUT2D eigenvalue weighted by Gasteiger charge is 2.39. The van der Waals surface area contributed by atoms with E-state index < -0.39 is 70.1 Å². The second-order valence-corrected chi connectivity index (χ2v) is 11.0. The van der Waals surface area contributed by atoms with Gasteiger partial charge < -0.3 is 10.1 Å². The molecule has 1 heterocycles. The lowest BCUT2D eigenvalue weighted by Crippen LogP contribution is -2.41. The van der Waals surface area contributed by atoms with Crippen molar-refractivity contribution in [3.05, 3.63) is 95.1 Å². The summed E-state index contributed by atoms with van der Waals surface area (Å²) >= 11 is 0. The number of halogens is 6. The monoisotopic (exact) mass is 600 g/mol. The van der Waals surface area contributed by atoms with Crippen molar-refractivity contribution in [2.24, 2.45) is 0 Å². The van der Waals surface area contributed by atoms with Crippen LogP contribution in [0.15, 0.2) is 77.7 Å². The summed E-state index contributed by atoms with van der Waals surface area (Å²) in [5.74, 6) is -2.20. The molecule has 3 aromatic carbocycles. The van der Waals surface area contributed by atoms with E-state index in [9.17, 15) is 44.3 Å². The number of ether oxygens (including phenoxy) is 1. The number of nitrogens with zero attached hydrogens (tertiary/aromatic N) is 1. The number of alkyl halides is 6. The van der Waals surface area contributed by atoms with E-state index in [0.717, 1.165) is 9.87 Å². The van der Waals surface area contributed by atoms with Crippen LogP contribution in [0.2, 0.25) is 0 Å². The van der Waals surface area contributed by atoms with Crippen LogP contribution in [0.1, 0.15) is 34.7 Å². The number of amides is 1. The standard InChI is InChI=1S/C27H22F6N2O5S/c28-26(29,30)18-12-19(27(31,32)33)14-20(13-18)34-24(36)16-40-25(37)15-23-22-9-5-4-6-17(22)10-11-35(23)41(38,39)21-7-2-1-3-8-21/h1-9,12-14,23H,10-11,15-16H2,(H,34,36)/t23-/m0/s1. The first-order valence-corrected chi connectivity index (χ1v) is 13.5. The zero-order chi connectivity index (χ0) is 30.0. The summed E-state index contributed by atoms with van der Waals surface area (Å²) in [6, 6.07) is 14.0. The number of sulfonamides is 1. The molecule has 0 saturated carbocycles. The Hall–Kier alpha value is -3.91. The number of rotatable bonds is 7. The first-order chi connectivity index (χ1) is 19.2. The van der Waals surface area contributed by atoms with Crippen molar-refractivity contribution in [1.82, 2.24) is 4.31 Å². The van der Waals surface area contributed by atoms with E-state index >= 15 is 0 Å². The van der Waals surface area contributed by atoms with Gasteiger partial charge >= 0.3 is 18.3 Å². The summed E-state index contributed by atoms with van der Waals surface area (Å²) in [5.41, 5.74) is -2.68. The number of benzene rings is 3. The molecule has 1 aliphatic heterocycles. The molecular formula is C27H22F6N2O5S. The topological polar surface area (TPSA) is 92.8 Å². The predicted octanol–water partition coefficient (Wildman–Crippen LogP) is 5.58. The largest absolute Gasteiger partial charge is 0.456 e. The van der Waals surface area contributed by atoms with Gasteiger partial charge in [0.25, 0.3) is 5.91 Å². The second kappa shape index (κ2) is 11.5. The van der Waals surface area contributed by atoms with Crippen LogP contribution in [-0.2, 0) is 43.1 Å². The average molecular weight is 601 g/mol. The Morgan fingerprint density at radius 3 is 2.07 bits per heavy atom. The van der Waals surface area contributed by atoms with E-state index in [-0.39, 0.29) is 17.5 Å². The van der Waals surface area contributed by atoms with Gasteiger partial charge in [0.15, 0.2) is 6.61 Å². The van der Waals surface area contributed by atoms with Crippen LogP contribution in [0.5, 0.6) is 0 Å². The number of fused-ring (bicyclic) bond motifs is 1. The molecule has 0 radical (unpaired) electrons. The van der Waals surface area contributed by atoms with Crippen LogP contribution < -0.4 is 5.32 Å². The number of nitrogens with one attached hydrogen (secondary N) is 1. The lowest BCUT2D eigenvalue weighted by atomic mass is 9.92. The molecule has 14 heteroatoms. The molecule has 0 bridgehead atoms. The minimum atomic E-state index is -5.12. The molecule has 3 aromatic rings. The Morgan fingerprint density at radius 2 is 1.46 bits per heavy atom. The zero-order valence-corrected chi connectivity index (χ0v) is 21.8. The Labute approximate surface area is 230 Å². The Kier molecular flexibility index (Phi) is 8.45. The highest BCUT2D eigenvalue weighted by Crippen LogP contribution is 2.38. The average Bonchev–Trinajstić information content (AvgIpc) is 2.91. The molecule has 4 rings (SSSR count). The van der Waals surface area contributed by atoms with Crippen molar-refractivity contribution in [3.8, 4) is 0 Å². The van der Waals surface area contributed by atoms with E-state index in [1.807, 2.05) is 5.32 Å². The van der Waals surface area contributed by atoms with Crippen molar-refractivity contribution in [2.45, 2.75) is 36.1 Å². The zero-order valence-electron chi connectivity index (χ0n) is 21.0. The van der Waals surface area contributed by atoms with Crippen LogP contribution in [-0.4, -0.2) is 37.8 Å². The number of esters is 1.